The van der Waals surface area contributed by atoms with Crippen LogP contribution in [0.4, 0.5) is 5.69 Å². The van der Waals surface area contributed by atoms with E-state index < -0.39 is 11.4 Å². The van der Waals surface area contributed by atoms with E-state index in [9.17, 15) is 9.59 Å². The Morgan fingerprint density at radius 3 is 2.58 bits per heavy atom. The molecule has 19 heavy (non-hydrogen) atoms. The van der Waals surface area contributed by atoms with E-state index in [0.29, 0.717) is 18.8 Å². The van der Waals surface area contributed by atoms with Crippen LogP contribution in [0.2, 0.25) is 0 Å². The zero-order chi connectivity index (χ0) is 14.2. The third-order valence-corrected chi connectivity index (χ3v) is 2.96. The SMILES string of the molecule is CC(C)(C)C(=O)N1CCOc2c(C(=O)O)cccc21. The van der Waals surface area contributed by atoms with Gasteiger partial charge in [0.1, 0.15) is 12.2 Å². The molecule has 0 aromatic heterocycles. The number of fused-ring (bicyclic) bond motifs is 1. The fourth-order valence-corrected chi connectivity index (χ4v) is 2.03. The Kier molecular flexibility index (Phi) is 3.22. The Bertz CT molecular complexity index is 531. The van der Waals surface area contributed by atoms with Crippen molar-refractivity contribution in [3.8, 4) is 5.75 Å². The number of benzene rings is 1. The molecule has 0 unspecified atom stereocenters. The third kappa shape index (κ3) is 2.41. The molecule has 0 atom stereocenters. The summed E-state index contributed by atoms with van der Waals surface area (Å²) in [6, 6.07) is 4.82. The smallest absolute Gasteiger partial charge is 0.339 e. The average molecular weight is 263 g/mol. The minimum absolute atomic E-state index is 0.0420. The van der Waals surface area contributed by atoms with Crippen molar-refractivity contribution in [3.05, 3.63) is 23.8 Å². The van der Waals surface area contributed by atoms with Crippen molar-refractivity contribution in [2.45, 2.75) is 20.8 Å². The molecular formula is C14H17NO4. The number of nitrogens with zero attached hydrogens (tertiary/aromatic N) is 1. The zero-order valence-corrected chi connectivity index (χ0v) is 11.3. The summed E-state index contributed by atoms with van der Waals surface area (Å²) >= 11 is 0. The van der Waals surface area contributed by atoms with Gasteiger partial charge in [0, 0.05) is 5.41 Å². The Labute approximate surface area is 111 Å². The Hall–Kier alpha value is -2.04. The molecule has 1 aromatic carbocycles. The highest BCUT2D eigenvalue weighted by atomic mass is 16.5. The van der Waals surface area contributed by atoms with Gasteiger partial charge in [-0.25, -0.2) is 4.79 Å². The second-order valence-corrected chi connectivity index (χ2v) is 5.51. The van der Waals surface area contributed by atoms with Crippen LogP contribution in [0.25, 0.3) is 0 Å². The fraction of sp³-hybridized carbons (Fsp3) is 0.429. The lowest BCUT2D eigenvalue weighted by Crippen LogP contribution is -2.44. The Balaban J connectivity index is 2.49. The number of carbonyl (C=O) groups is 2. The Morgan fingerprint density at radius 2 is 2.00 bits per heavy atom. The minimum Gasteiger partial charge on any atom is -0.489 e. The molecule has 1 aliphatic rings. The van der Waals surface area contributed by atoms with Gasteiger partial charge in [-0.1, -0.05) is 26.8 Å². The summed E-state index contributed by atoms with van der Waals surface area (Å²) in [5, 5.41) is 9.14. The molecule has 0 saturated carbocycles. The lowest BCUT2D eigenvalue weighted by molar-refractivity contribution is -0.126. The number of carboxylic acid groups (broad SMARTS) is 1. The lowest BCUT2D eigenvalue weighted by atomic mass is 9.94. The zero-order valence-electron chi connectivity index (χ0n) is 11.3. The van der Waals surface area contributed by atoms with Gasteiger partial charge in [0.15, 0.2) is 5.75 Å². The largest absolute Gasteiger partial charge is 0.489 e. The summed E-state index contributed by atoms with van der Waals surface area (Å²) in [6.07, 6.45) is 0. The molecule has 1 amide bonds. The van der Waals surface area contributed by atoms with Gasteiger partial charge in [-0.05, 0) is 12.1 Å². The normalized spacial score (nSPS) is 14.6. The number of ether oxygens (including phenoxy) is 1. The lowest BCUT2D eigenvalue weighted by Gasteiger charge is -2.34. The van der Waals surface area contributed by atoms with E-state index in [1.165, 1.54) is 6.07 Å². The van der Waals surface area contributed by atoms with Gasteiger partial charge in [0.25, 0.3) is 0 Å². The number of hydrogen-bond acceptors (Lipinski definition) is 3. The highest BCUT2D eigenvalue weighted by Gasteiger charge is 2.33. The second-order valence-electron chi connectivity index (χ2n) is 5.51. The molecule has 0 radical (unpaired) electrons. The molecule has 5 nitrogen and oxygen atoms in total. The van der Waals surface area contributed by atoms with E-state index in [-0.39, 0.29) is 17.2 Å². The van der Waals surface area contributed by atoms with E-state index in [1.807, 2.05) is 20.8 Å². The number of carbonyl (C=O) groups excluding carboxylic acids is 1. The summed E-state index contributed by atoms with van der Waals surface area (Å²) in [5.74, 6) is -0.819. The molecule has 0 saturated heterocycles. The monoisotopic (exact) mass is 263 g/mol. The van der Waals surface area contributed by atoms with E-state index in [1.54, 1.807) is 17.0 Å². The predicted molar refractivity (Wildman–Crippen MR) is 70.7 cm³/mol. The van der Waals surface area contributed by atoms with Crippen molar-refractivity contribution in [2.75, 3.05) is 18.1 Å². The van der Waals surface area contributed by atoms with Gasteiger partial charge < -0.3 is 14.7 Å². The molecule has 0 spiro atoms. The number of anilines is 1. The van der Waals surface area contributed by atoms with Crippen LogP contribution in [0.5, 0.6) is 5.75 Å². The van der Waals surface area contributed by atoms with Crippen LogP contribution in [-0.2, 0) is 4.79 Å². The summed E-state index contributed by atoms with van der Waals surface area (Å²) in [7, 11) is 0. The van der Waals surface area contributed by atoms with Crippen LogP contribution >= 0.6 is 0 Å². The first kappa shape index (κ1) is 13.4. The molecule has 1 heterocycles. The van der Waals surface area contributed by atoms with Crippen LogP contribution in [0.15, 0.2) is 18.2 Å². The van der Waals surface area contributed by atoms with E-state index in [0.717, 1.165) is 0 Å². The summed E-state index contributed by atoms with van der Waals surface area (Å²) < 4.78 is 5.43. The molecule has 102 valence electrons. The number of para-hydroxylation sites is 1. The molecule has 1 aliphatic heterocycles. The van der Waals surface area contributed by atoms with Crippen molar-refractivity contribution in [3.63, 3.8) is 0 Å². The molecule has 0 fully saturated rings. The van der Waals surface area contributed by atoms with Gasteiger partial charge in [0.2, 0.25) is 5.91 Å². The maximum absolute atomic E-state index is 12.4. The number of hydrogen-bond donors (Lipinski definition) is 1. The molecule has 0 bridgehead atoms. The molecule has 5 heteroatoms. The van der Waals surface area contributed by atoms with Crippen LogP contribution in [0, 0.1) is 5.41 Å². The van der Waals surface area contributed by atoms with E-state index in [2.05, 4.69) is 0 Å². The standard InChI is InChI=1S/C14H17NO4/c1-14(2,3)13(18)15-7-8-19-11-9(12(16)17)5-4-6-10(11)15/h4-6H,7-8H2,1-3H3,(H,16,17). The van der Waals surface area contributed by atoms with Crippen molar-refractivity contribution in [2.24, 2.45) is 5.41 Å². The quantitative estimate of drug-likeness (QED) is 0.843. The second kappa shape index (κ2) is 4.57. The number of aromatic carboxylic acids is 1. The van der Waals surface area contributed by atoms with Gasteiger partial charge in [-0.2, -0.15) is 0 Å². The first-order chi connectivity index (χ1) is 8.82. The highest BCUT2D eigenvalue weighted by Crippen LogP contribution is 2.36. The number of carboxylic acids is 1. The Morgan fingerprint density at radius 1 is 1.32 bits per heavy atom. The topological polar surface area (TPSA) is 66.8 Å². The van der Waals surface area contributed by atoms with Crippen LogP contribution < -0.4 is 9.64 Å². The van der Waals surface area contributed by atoms with E-state index >= 15 is 0 Å². The van der Waals surface area contributed by atoms with Gasteiger partial charge in [0.05, 0.1) is 12.2 Å². The fourth-order valence-electron chi connectivity index (χ4n) is 2.03. The van der Waals surface area contributed by atoms with Crippen LogP contribution in [-0.4, -0.2) is 30.1 Å². The molecule has 1 N–H and O–H groups in total. The molecule has 2 rings (SSSR count). The van der Waals surface area contributed by atoms with Crippen molar-refractivity contribution in [1.29, 1.82) is 0 Å². The van der Waals surface area contributed by atoms with Crippen molar-refractivity contribution < 1.29 is 19.4 Å². The predicted octanol–water partition coefficient (Wildman–Crippen LogP) is 2.16. The van der Waals surface area contributed by atoms with Crippen LogP contribution in [0.1, 0.15) is 31.1 Å². The number of amides is 1. The summed E-state index contributed by atoms with van der Waals surface area (Å²) in [6.45, 7) is 6.26. The molecular weight excluding hydrogens is 246 g/mol. The van der Waals surface area contributed by atoms with Gasteiger partial charge in [-0.15, -0.1) is 0 Å². The average Bonchev–Trinajstić information content (AvgIpc) is 2.35. The van der Waals surface area contributed by atoms with E-state index in [4.69, 9.17) is 9.84 Å². The number of rotatable bonds is 1. The first-order valence-corrected chi connectivity index (χ1v) is 6.13. The first-order valence-electron chi connectivity index (χ1n) is 6.13. The summed E-state index contributed by atoms with van der Waals surface area (Å²) in [4.78, 5) is 25.2. The van der Waals surface area contributed by atoms with Gasteiger partial charge >= 0.3 is 5.97 Å². The van der Waals surface area contributed by atoms with Crippen molar-refractivity contribution >= 4 is 17.6 Å². The van der Waals surface area contributed by atoms with Crippen molar-refractivity contribution in [1.82, 2.24) is 0 Å². The third-order valence-electron chi connectivity index (χ3n) is 2.96. The highest BCUT2D eigenvalue weighted by molar-refractivity contribution is 6.01. The summed E-state index contributed by atoms with van der Waals surface area (Å²) in [5.41, 5.74) is 0.100. The molecule has 0 aliphatic carbocycles. The van der Waals surface area contributed by atoms with Gasteiger partial charge in [-0.3, -0.25) is 4.79 Å². The molecule has 1 aromatic rings. The maximum Gasteiger partial charge on any atom is 0.339 e. The maximum atomic E-state index is 12.4. The minimum atomic E-state index is -1.05. The van der Waals surface area contributed by atoms with Crippen LogP contribution in [0.3, 0.4) is 0 Å².